The Labute approximate surface area is 120 Å². The maximum Gasteiger partial charge on any atom is 0.308 e. The summed E-state index contributed by atoms with van der Waals surface area (Å²) >= 11 is 0. The first-order valence-corrected chi connectivity index (χ1v) is 6.96. The summed E-state index contributed by atoms with van der Waals surface area (Å²) in [6.07, 6.45) is 0.383. The van der Waals surface area contributed by atoms with Crippen LogP contribution in [0.15, 0.2) is 30.3 Å². The highest BCUT2D eigenvalue weighted by molar-refractivity contribution is 5.78. The van der Waals surface area contributed by atoms with Crippen molar-refractivity contribution in [2.45, 2.75) is 33.1 Å². The fraction of sp³-hybridized carbons (Fsp3) is 0.500. The Hall–Kier alpha value is -1.84. The first kappa shape index (κ1) is 16.2. The Morgan fingerprint density at radius 2 is 1.75 bits per heavy atom. The van der Waals surface area contributed by atoms with Gasteiger partial charge in [-0.1, -0.05) is 51.1 Å². The fourth-order valence-electron chi connectivity index (χ4n) is 2.06. The zero-order valence-corrected chi connectivity index (χ0v) is 12.3. The number of aliphatic carboxylic acids is 1. The lowest BCUT2D eigenvalue weighted by atomic mass is 9.85. The predicted octanol–water partition coefficient (Wildman–Crippen LogP) is 2.65. The van der Waals surface area contributed by atoms with Gasteiger partial charge in [0.2, 0.25) is 5.91 Å². The number of carbonyl (C=O) groups excluding carboxylic acids is 1. The van der Waals surface area contributed by atoms with E-state index in [9.17, 15) is 9.59 Å². The van der Waals surface area contributed by atoms with Gasteiger partial charge in [-0.25, -0.2) is 0 Å². The van der Waals surface area contributed by atoms with E-state index in [-0.39, 0.29) is 18.4 Å². The van der Waals surface area contributed by atoms with E-state index in [1.807, 2.05) is 30.3 Å². The number of hydrogen-bond donors (Lipinski definition) is 2. The van der Waals surface area contributed by atoms with Gasteiger partial charge in [0.1, 0.15) is 0 Å². The normalized spacial score (nSPS) is 13.8. The molecule has 0 unspecified atom stereocenters. The molecular formula is C16H23NO3. The van der Waals surface area contributed by atoms with Crippen LogP contribution in [0.5, 0.6) is 0 Å². The van der Waals surface area contributed by atoms with Crippen LogP contribution in [0, 0.1) is 11.8 Å². The van der Waals surface area contributed by atoms with E-state index in [1.54, 1.807) is 6.92 Å². The van der Waals surface area contributed by atoms with E-state index in [4.69, 9.17) is 5.11 Å². The Kier molecular flexibility index (Phi) is 6.22. The largest absolute Gasteiger partial charge is 0.481 e. The molecule has 1 aromatic rings. The lowest BCUT2D eigenvalue weighted by Crippen LogP contribution is -2.32. The summed E-state index contributed by atoms with van der Waals surface area (Å²) in [4.78, 5) is 22.7. The summed E-state index contributed by atoms with van der Waals surface area (Å²) < 4.78 is 0. The van der Waals surface area contributed by atoms with E-state index in [1.165, 1.54) is 0 Å². The number of amides is 1. The van der Waals surface area contributed by atoms with Crippen molar-refractivity contribution in [1.82, 2.24) is 5.32 Å². The first-order chi connectivity index (χ1) is 9.41. The average molecular weight is 277 g/mol. The molecule has 1 rings (SSSR count). The first-order valence-electron chi connectivity index (χ1n) is 6.96. The average Bonchev–Trinajstić information content (AvgIpc) is 2.42. The van der Waals surface area contributed by atoms with Gasteiger partial charge < -0.3 is 10.4 Å². The monoisotopic (exact) mass is 277 g/mol. The molecule has 0 saturated heterocycles. The Balaban J connectivity index is 2.59. The third kappa shape index (κ3) is 5.03. The molecule has 20 heavy (non-hydrogen) atoms. The van der Waals surface area contributed by atoms with Crippen molar-refractivity contribution < 1.29 is 14.7 Å². The summed E-state index contributed by atoms with van der Waals surface area (Å²) in [5.74, 6) is -1.06. The highest BCUT2D eigenvalue weighted by Gasteiger charge is 2.20. The highest BCUT2D eigenvalue weighted by Crippen LogP contribution is 2.27. The summed E-state index contributed by atoms with van der Waals surface area (Å²) in [5.41, 5.74) is 1.14. The van der Waals surface area contributed by atoms with Crippen molar-refractivity contribution in [3.8, 4) is 0 Å². The molecule has 0 saturated carbocycles. The van der Waals surface area contributed by atoms with Crippen molar-refractivity contribution in [3.63, 3.8) is 0 Å². The zero-order valence-electron chi connectivity index (χ0n) is 12.3. The number of rotatable bonds is 7. The molecule has 1 aromatic carbocycles. The van der Waals surface area contributed by atoms with Gasteiger partial charge in [0, 0.05) is 13.0 Å². The molecule has 0 aliphatic rings. The second kappa shape index (κ2) is 7.68. The Bertz CT molecular complexity index is 442. The van der Waals surface area contributed by atoms with Gasteiger partial charge in [-0.2, -0.15) is 0 Å². The molecule has 0 radical (unpaired) electrons. The van der Waals surface area contributed by atoms with Crippen LogP contribution in [-0.2, 0) is 9.59 Å². The van der Waals surface area contributed by atoms with Crippen LogP contribution in [-0.4, -0.2) is 23.5 Å². The van der Waals surface area contributed by atoms with Crippen molar-refractivity contribution in [2.24, 2.45) is 11.8 Å². The van der Waals surface area contributed by atoms with Crippen molar-refractivity contribution in [3.05, 3.63) is 35.9 Å². The number of carboxylic acid groups (broad SMARTS) is 1. The molecule has 110 valence electrons. The molecule has 0 aliphatic carbocycles. The minimum atomic E-state index is -0.895. The van der Waals surface area contributed by atoms with E-state index >= 15 is 0 Å². The van der Waals surface area contributed by atoms with Gasteiger partial charge in [0.15, 0.2) is 0 Å². The number of benzene rings is 1. The molecule has 4 nitrogen and oxygen atoms in total. The third-order valence-corrected chi connectivity index (χ3v) is 3.46. The van der Waals surface area contributed by atoms with Crippen LogP contribution >= 0.6 is 0 Å². The topological polar surface area (TPSA) is 66.4 Å². The van der Waals surface area contributed by atoms with E-state index in [0.29, 0.717) is 12.3 Å². The van der Waals surface area contributed by atoms with Gasteiger partial charge in [0.25, 0.3) is 0 Å². The van der Waals surface area contributed by atoms with Gasteiger partial charge >= 0.3 is 5.97 Å². The molecule has 0 heterocycles. The lowest BCUT2D eigenvalue weighted by molar-refractivity contribution is -0.141. The molecule has 2 atom stereocenters. The van der Waals surface area contributed by atoms with Crippen LogP contribution in [0.1, 0.15) is 38.7 Å². The lowest BCUT2D eigenvalue weighted by Gasteiger charge is -2.21. The minimum Gasteiger partial charge on any atom is -0.481 e. The molecular weight excluding hydrogens is 254 g/mol. The number of nitrogens with one attached hydrogen (secondary N) is 1. The maximum atomic E-state index is 12.0. The quantitative estimate of drug-likeness (QED) is 0.805. The third-order valence-electron chi connectivity index (χ3n) is 3.46. The fourth-order valence-corrected chi connectivity index (χ4v) is 2.06. The highest BCUT2D eigenvalue weighted by atomic mass is 16.4. The summed E-state index contributed by atoms with van der Waals surface area (Å²) in [6, 6.07) is 9.94. The summed E-state index contributed by atoms with van der Waals surface area (Å²) in [6.45, 7) is 5.93. The van der Waals surface area contributed by atoms with Gasteiger partial charge in [0.05, 0.1) is 5.92 Å². The van der Waals surface area contributed by atoms with E-state index in [2.05, 4.69) is 19.2 Å². The van der Waals surface area contributed by atoms with Gasteiger partial charge in [-0.05, 0) is 17.4 Å². The van der Waals surface area contributed by atoms with Crippen molar-refractivity contribution in [1.29, 1.82) is 0 Å². The molecule has 0 bridgehead atoms. The Morgan fingerprint density at radius 1 is 1.15 bits per heavy atom. The smallest absolute Gasteiger partial charge is 0.308 e. The second-order valence-corrected chi connectivity index (χ2v) is 5.51. The van der Waals surface area contributed by atoms with Gasteiger partial charge in [-0.3, -0.25) is 9.59 Å². The summed E-state index contributed by atoms with van der Waals surface area (Å²) in [7, 11) is 0. The van der Waals surface area contributed by atoms with Crippen LogP contribution < -0.4 is 5.32 Å². The van der Waals surface area contributed by atoms with Crippen LogP contribution in [0.4, 0.5) is 0 Å². The second-order valence-electron chi connectivity index (χ2n) is 5.51. The van der Waals surface area contributed by atoms with Crippen LogP contribution in [0.2, 0.25) is 0 Å². The zero-order chi connectivity index (χ0) is 15.1. The molecule has 0 spiro atoms. The SMILES string of the molecule is CC(C)[C@@H](CC(=O)NC[C@@H](C)C(=O)O)c1ccccc1. The van der Waals surface area contributed by atoms with Crippen LogP contribution in [0.3, 0.4) is 0 Å². The molecule has 0 fully saturated rings. The molecule has 0 aromatic heterocycles. The maximum absolute atomic E-state index is 12.0. The van der Waals surface area contributed by atoms with Crippen molar-refractivity contribution >= 4 is 11.9 Å². The molecule has 0 aliphatic heterocycles. The Morgan fingerprint density at radius 3 is 2.25 bits per heavy atom. The predicted molar refractivity (Wildman–Crippen MR) is 78.4 cm³/mol. The molecule has 4 heteroatoms. The van der Waals surface area contributed by atoms with Crippen LogP contribution in [0.25, 0.3) is 0 Å². The standard InChI is InChI=1S/C16H23NO3/c1-11(2)14(13-7-5-4-6-8-13)9-15(18)17-10-12(3)16(19)20/h4-8,11-12,14H,9-10H2,1-3H3,(H,17,18)(H,19,20)/t12-,14-/m1/s1. The molecule has 2 N–H and O–H groups in total. The van der Waals surface area contributed by atoms with E-state index in [0.717, 1.165) is 5.56 Å². The number of carbonyl (C=O) groups is 2. The molecule has 1 amide bonds. The van der Waals surface area contributed by atoms with Crippen molar-refractivity contribution in [2.75, 3.05) is 6.54 Å². The summed E-state index contributed by atoms with van der Waals surface area (Å²) in [5, 5.41) is 11.5. The number of carboxylic acids is 1. The van der Waals surface area contributed by atoms with Gasteiger partial charge in [-0.15, -0.1) is 0 Å². The number of hydrogen-bond acceptors (Lipinski definition) is 2. The minimum absolute atomic E-state index is 0.0966. The van der Waals surface area contributed by atoms with E-state index < -0.39 is 11.9 Å².